The first-order chi connectivity index (χ1) is 14.2. The van der Waals surface area contributed by atoms with Gasteiger partial charge in [0, 0.05) is 27.2 Å². The molecule has 0 bridgehead atoms. The van der Waals surface area contributed by atoms with Crippen LogP contribution in [0.25, 0.3) is 0 Å². The van der Waals surface area contributed by atoms with Crippen molar-refractivity contribution < 1.29 is 13.5 Å². The molecule has 0 aliphatic carbocycles. The molecule has 2 unspecified atom stereocenters. The third kappa shape index (κ3) is 6.05. The van der Waals surface area contributed by atoms with Crippen LogP contribution in [0.4, 0.5) is 4.39 Å². The zero-order chi connectivity index (χ0) is 20.5. The number of nitrogens with zero attached hydrogens (tertiary/aromatic N) is 2. The molecule has 0 spiro atoms. The van der Waals surface area contributed by atoms with Crippen molar-refractivity contribution in [3.05, 3.63) is 59.8 Å². The fourth-order valence-electron chi connectivity index (χ4n) is 3.74. The van der Waals surface area contributed by atoms with Gasteiger partial charge in [-0.05, 0) is 55.8 Å². The largest absolute Gasteiger partial charge is 0.468 e. The van der Waals surface area contributed by atoms with Crippen LogP contribution in [-0.2, 0) is 4.74 Å². The molecule has 3 rings (SSSR count). The van der Waals surface area contributed by atoms with Crippen LogP contribution < -0.4 is 10.6 Å². The SMILES string of the molecule is CN=C(NCC(OC)c1ccc(F)cc1)NCC(c1ccco1)N1CCCCC1. The maximum absolute atomic E-state index is 13.2. The number of hydrogen-bond donors (Lipinski definition) is 2. The van der Waals surface area contributed by atoms with Crippen molar-refractivity contribution in [1.82, 2.24) is 15.5 Å². The van der Waals surface area contributed by atoms with E-state index in [1.807, 2.05) is 12.1 Å². The van der Waals surface area contributed by atoms with E-state index in [1.165, 1.54) is 31.4 Å². The second-order valence-corrected chi connectivity index (χ2v) is 7.24. The molecular formula is C22H31FN4O2. The summed E-state index contributed by atoms with van der Waals surface area (Å²) in [6, 6.07) is 10.5. The maximum atomic E-state index is 13.2. The molecule has 0 amide bonds. The van der Waals surface area contributed by atoms with E-state index in [1.54, 1.807) is 32.6 Å². The number of guanidine groups is 1. The number of furan rings is 1. The minimum absolute atomic E-state index is 0.166. The number of methoxy groups -OCH3 is 1. The lowest BCUT2D eigenvalue weighted by atomic mass is 10.1. The molecule has 1 aliphatic heterocycles. The standard InChI is InChI=1S/C22H31FN4O2/c1-24-22(26-16-21(28-2)17-8-10-18(23)11-9-17)25-15-19(20-7-6-14-29-20)27-12-4-3-5-13-27/h6-11,14,19,21H,3-5,12-13,15-16H2,1-2H3,(H2,24,25,26). The minimum atomic E-state index is -0.254. The average Bonchev–Trinajstić information content (AvgIpc) is 3.29. The molecule has 2 aromatic rings. The van der Waals surface area contributed by atoms with Crippen LogP contribution in [0.3, 0.4) is 0 Å². The summed E-state index contributed by atoms with van der Waals surface area (Å²) < 4.78 is 24.4. The Kier molecular flexibility index (Phi) is 8.07. The van der Waals surface area contributed by atoms with Crippen LogP contribution in [0.5, 0.6) is 0 Å². The van der Waals surface area contributed by atoms with Crippen molar-refractivity contribution in [1.29, 1.82) is 0 Å². The monoisotopic (exact) mass is 402 g/mol. The Hall–Kier alpha value is -2.38. The molecule has 2 atom stereocenters. The van der Waals surface area contributed by atoms with Gasteiger partial charge in [0.1, 0.15) is 11.6 Å². The van der Waals surface area contributed by atoms with Crippen LogP contribution in [0.1, 0.15) is 42.7 Å². The molecule has 7 heteroatoms. The van der Waals surface area contributed by atoms with Crippen LogP contribution in [0.15, 0.2) is 52.1 Å². The summed E-state index contributed by atoms with van der Waals surface area (Å²) in [4.78, 5) is 6.80. The van der Waals surface area contributed by atoms with Gasteiger partial charge in [0.2, 0.25) is 0 Å². The van der Waals surface area contributed by atoms with Gasteiger partial charge in [-0.15, -0.1) is 0 Å². The third-order valence-electron chi connectivity index (χ3n) is 5.37. The number of piperidine rings is 1. The highest BCUT2D eigenvalue weighted by atomic mass is 19.1. The van der Waals surface area contributed by atoms with Crippen LogP contribution in [0.2, 0.25) is 0 Å². The van der Waals surface area contributed by atoms with E-state index in [2.05, 4.69) is 20.5 Å². The van der Waals surface area contributed by atoms with Gasteiger partial charge in [0.05, 0.1) is 18.4 Å². The highest BCUT2D eigenvalue weighted by Crippen LogP contribution is 2.24. The fourth-order valence-corrected chi connectivity index (χ4v) is 3.74. The van der Waals surface area contributed by atoms with Gasteiger partial charge in [-0.25, -0.2) is 4.39 Å². The summed E-state index contributed by atoms with van der Waals surface area (Å²) in [6.45, 7) is 3.38. The summed E-state index contributed by atoms with van der Waals surface area (Å²) >= 11 is 0. The van der Waals surface area contributed by atoms with E-state index in [0.717, 1.165) is 24.4 Å². The first-order valence-corrected chi connectivity index (χ1v) is 10.2. The van der Waals surface area contributed by atoms with Crippen molar-refractivity contribution in [2.45, 2.75) is 31.4 Å². The topological polar surface area (TPSA) is 62.0 Å². The van der Waals surface area contributed by atoms with Gasteiger partial charge in [-0.2, -0.15) is 0 Å². The zero-order valence-electron chi connectivity index (χ0n) is 17.2. The molecule has 0 saturated carbocycles. The maximum Gasteiger partial charge on any atom is 0.191 e. The van der Waals surface area contributed by atoms with Crippen LogP contribution >= 0.6 is 0 Å². The quantitative estimate of drug-likeness (QED) is 0.523. The van der Waals surface area contributed by atoms with Crippen molar-refractivity contribution in [2.75, 3.05) is 40.3 Å². The lowest BCUT2D eigenvalue weighted by Crippen LogP contribution is -2.45. The van der Waals surface area contributed by atoms with E-state index < -0.39 is 0 Å². The number of ether oxygens (including phenoxy) is 1. The van der Waals surface area contributed by atoms with Crippen molar-refractivity contribution >= 4 is 5.96 Å². The van der Waals surface area contributed by atoms with E-state index in [0.29, 0.717) is 19.0 Å². The van der Waals surface area contributed by atoms with E-state index in [4.69, 9.17) is 9.15 Å². The van der Waals surface area contributed by atoms with Gasteiger partial charge >= 0.3 is 0 Å². The molecule has 29 heavy (non-hydrogen) atoms. The Labute approximate surface area is 172 Å². The Bertz CT molecular complexity index is 743. The summed E-state index contributed by atoms with van der Waals surface area (Å²) in [5.41, 5.74) is 0.915. The van der Waals surface area contributed by atoms with E-state index in [-0.39, 0.29) is 18.0 Å². The second-order valence-electron chi connectivity index (χ2n) is 7.24. The number of rotatable bonds is 8. The Morgan fingerprint density at radius 2 is 1.86 bits per heavy atom. The molecule has 1 saturated heterocycles. The molecule has 1 aromatic heterocycles. The smallest absolute Gasteiger partial charge is 0.191 e. The molecule has 2 heterocycles. The molecule has 158 valence electrons. The molecule has 1 aliphatic rings. The number of nitrogens with one attached hydrogen (secondary N) is 2. The summed E-state index contributed by atoms with van der Waals surface area (Å²) in [7, 11) is 3.40. The molecular weight excluding hydrogens is 371 g/mol. The van der Waals surface area contributed by atoms with E-state index >= 15 is 0 Å². The number of aliphatic imine (C=N–C) groups is 1. The Morgan fingerprint density at radius 1 is 1.14 bits per heavy atom. The van der Waals surface area contributed by atoms with Crippen molar-refractivity contribution in [3.8, 4) is 0 Å². The van der Waals surface area contributed by atoms with Gasteiger partial charge in [0.25, 0.3) is 0 Å². The third-order valence-corrected chi connectivity index (χ3v) is 5.37. The molecule has 1 fully saturated rings. The van der Waals surface area contributed by atoms with Crippen molar-refractivity contribution in [3.63, 3.8) is 0 Å². The summed E-state index contributed by atoms with van der Waals surface area (Å²) in [5.74, 6) is 1.41. The predicted octanol–water partition coefficient (Wildman–Crippen LogP) is 3.50. The van der Waals surface area contributed by atoms with Crippen LogP contribution in [-0.4, -0.2) is 51.2 Å². The fraction of sp³-hybridized carbons (Fsp3) is 0.500. The molecule has 6 nitrogen and oxygen atoms in total. The first kappa shape index (κ1) is 21.3. The second kappa shape index (κ2) is 11.0. The van der Waals surface area contributed by atoms with Gasteiger partial charge in [-0.1, -0.05) is 18.6 Å². The first-order valence-electron chi connectivity index (χ1n) is 10.2. The molecule has 0 radical (unpaired) electrons. The lowest BCUT2D eigenvalue weighted by molar-refractivity contribution is 0.106. The number of hydrogen-bond acceptors (Lipinski definition) is 4. The highest BCUT2D eigenvalue weighted by Gasteiger charge is 2.24. The number of likely N-dealkylation sites (tertiary alicyclic amines) is 1. The van der Waals surface area contributed by atoms with E-state index in [9.17, 15) is 4.39 Å². The average molecular weight is 403 g/mol. The summed E-state index contributed by atoms with van der Waals surface area (Å²) in [6.07, 6.45) is 5.26. The highest BCUT2D eigenvalue weighted by molar-refractivity contribution is 5.79. The normalized spacial score (nSPS) is 17.7. The zero-order valence-corrected chi connectivity index (χ0v) is 17.2. The van der Waals surface area contributed by atoms with Gasteiger partial charge in [0.15, 0.2) is 5.96 Å². The number of benzene rings is 1. The number of halogens is 1. The Morgan fingerprint density at radius 3 is 2.48 bits per heavy atom. The van der Waals surface area contributed by atoms with Gasteiger partial charge < -0.3 is 19.8 Å². The van der Waals surface area contributed by atoms with Crippen molar-refractivity contribution in [2.24, 2.45) is 4.99 Å². The summed E-state index contributed by atoms with van der Waals surface area (Å²) in [5, 5.41) is 6.72. The van der Waals surface area contributed by atoms with Crippen LogP contribution in [0, 0.1) is 5.82 Å². The molecule has 2 N–H and O–H groups in total. The van der Waals surface area contributed by atoms with Gasteiger partial charge in [-0.3, -0.25) is 9.89 Å². The predicted molar refractivity (Wildman–Crippen MR) is 112 cm³/mol. The lowest BCUT2D eigenvalue weighted by Gasteiger charge is -2.33. The minimum Gasteiger partial charge on any atom is -0.468 e. The Balaban J connectivity index is 1.57. The molecule has 1 aromatic carbocycles.